The zero-order chi connectivity index (χ0) is 25.8. The third-order valence-electron chi connectivity index (χ3n) is 7.62. The van der Waals surface area contributed by atoms with Gasteiger partial charge in [-0.1, -0.05) is 85.4 Å². The van der Waals surface area contributed by atoms with Gasteiger partial charge in [0.05, 0.1) is 11.0 Å². The van der Waals surface area contributed by atoms with Gasteiger partial charge in [-0.3, -0.25) is 14.3 Å². The SMILES string of the molecule is CC(CC1CC(n2c(=O)[nH]c3ccccc32)CCN1C(=O)S)N(Cc1ccccc1)Cc1ccccc1. The number of imidazole rings is 1. The summed E-state index contributed by atoms with van der Waals surface area (Å²) in [5.74, 6) is 0. The van der Waals surface area contributed by atoms with Crippen LogP contribution in [0.15, 0.2) is 89.7 Å². The Morgan fingerprint density at radius 3 is 2.19 bits per heavy atom. The first-order chi connectivity index (χ1) is 18.0. The second-order valence-corrected chi connectivity index (χ2v) is 10.5. The van der Waals surface area contributed by atoms with Crippen LogP contribution in [0.25, 0.3) is 11.0 Å². The van der Waals surface area contributed by atoms with E-state index in [1.807, 2.05) is 45.9 Å². The minimum atomic E-state index is -0.195. The number of H-pyrrole nitrogens is 1. The van der Waals surface area contributed by atoms with E-state index >= 15 is 0 Å². The Hall–Kier alpha value is -3.29. The molecule has 2 heterocycles. The quantitative estimate of drug-likeness (QED) is 0.289. The van der Waals surface area contributed by atoms with Gasteiger partial charge in [-0.25, -0.2) is 4.79 Å². The zero-order valence-corrected chi connectivity index (χ0v) is 22.1. The largest absolute Gasteiger partial charge is 0.331 e. The maximum atomic E-state index is 12.9. The number of aromatic nitrogens is 2. The average Bonchev–Trinajstić information content (AvgIpc) is 3.25. The number of hydrogen-bond acceptors (Lipinski definition) is 3. The second-order valence-electron chi connectivity index (χ2n) is 10.1. The second kappa shape index (κ2) is 11.4. The van der Waals surface area contributed by atoms with E-state index in [1.165, 1.54) is 11.1 Å². The molecule has 3 unspecified atom stereocenters. The molecule has 7 heteroatoms. The third kappa shape index (κ3) is 5.84. The summed E-state index contributed by atoms with van der Waals surface area (Å²) in [5, 5.41) is -0.195. The minimum Gasteiger partial charge on any atom is -0.331 e. The summed E-state index contributed by atoms with van der Waals surface area (Å²) < 4.78 is 1.89. The molecule has 6 nitrogen and oxygen atoms in total. The molecule has 0 saturated carbocycles. The van der Waals surface area contributed by atoms with Gasteiger partial charge >= 0.3 is 5.69 Å². The molecule has 1 N–H and O–H groups in total. The number of thiol groups is 1. The van der Waals surface area contributed by atoms with Crippen LogP contribution in [0.2, 0.25) is 0 Å². The van der Waals surface area contributed by atoms with Crippen LogP contribution in [0, 0.1) is 0 Å². The number of nitrogens with zero attached hydrogens (tertiary/aromatic N) is 3. The van der Waals surface area contributed by atoms with E-state index in [1.54, 1.807) is 0 Å². The summed E-state index contributed by atoms with van der Waals surface area (Å²) in [6, 6.07) is 29.1. The number of piperidine rings is 1. The summed E-state index contributed by atoms with van der Waals surface area (Å²) >= 11 is 4.22. The Bertz CT molecular complexity index is 1340. The smallest absolute Gasteiger partial charge is 0.326 e. The number of benzene rings is 3. The van der Waals surface area contributed by atoms with Crippen molar-refractivity contribution in [3.63, 3.8) is 0 Å². The fraction of sp³-hybridized carbons (Fsp3) is 0.333. The normalized spacial score (nSPS) is 18.8. The van der Waals surface area contributed by atoms with Crippen molar-refractivity contribution in [1.29, 1.82) is 0 Å². The molecule has 1 aliphatic rings. The molecule has 1 amide bonds. The number of para-hydroxylation sites is 2. The lowest BCUT2D eigenvalue weighted by Crippen LogP contribution is -2.48. The molecule has 3 atom stereocenters. The molecule has 0 bridgehead atoms. The van der Waals surface area contributed by atoms with Crippen molar-refractivity contribution < 1.29 is 4.79 Å². The standard InChI is InChI=1S/C30H34N4O2S/c1-22(32(20-23-10-4-2-5-11-23)21-24-12-6-3-7-13-24)18-26-19-25(16-17-33(26)30(36)37)34-28-15-9-8-14-27(28)31-29(34)35/h2-15,22,25-26H,16-21H2,1H3,(H,31,35)(H,36,37). The fourth-order valence-corrected chi connectivity index (χ4v) is 5.99. The summed E-state index contributed by atoms with van der Waals surface area (Å²) in [6.45, 7) is 4.48. The van der Waals surface area contributed by atoms with Crippen LogP contribution in [0.5, 0.6) is 0 Å². The highest BCUT2D eigenvalue weighted by Crippen LogP contribution is 2.32. The number of carbonyl (C=O) groups is 1. The van der Waals surface area contributed by atoms with E-state index in [-0.39, 0.29) is 29.1 Å². The summed E-state index contributed by atoms with van der Waals surface area (Å²) in [6.07, 6.45) is 2.26. The van der Waals surface area contributed by atoms with Crippen LogP contribution in [0.1, 0.15) is 43.4 Å². The lowest BCUT2D eigenvalue weighted by atomic mass is 9.92. The van der Waals surface area contributed by atoms with Crippen LogP contribution in [0.4, 0.5) is 4.79 Å². The van der Waals surface area contributed by atoms with Crippen molar-refractivity contribution in [1.82, 2.24) is 19.4 Å². The molecule has 1 aromatic heterocycles. The Labute approximate surface area is 223 Å². The predicted molar refractivity (Wildman–Crippen MR) is 152 cm³/mol. The van der Waals surface area contributed by atoms with Crippen molar-refractivity contribution in [2.24, 2.45) is 0 Å². The number of likely N-dealkylation sites (tertiary alicyclic amines) is 1. The van der Waals surface area contributed by atoms with Crippen molar-refractivity contribution in [2.45, 2.75) is 57.4 Å². The van der Waals surface area contributed by atoms with E-state index in [0.29, 0.717) is 6.54 Å². The topological polar surface area (TPSA) is 61.3 Å². The Kier molecular flexibility index (Phi) is 7.82. The first-order valence-electron chi connectivity index (χ1n) is 13.0. The minimum absolute atomic E-state index is 0.00615. The highest BCUT2D eigenvalue weighted by Gasteiger charge is 2.34. The van der Waals surface area contributed by atoms with E-state index < -0.39 is 0 Å². The number of fused-ring (bicyclic) bond motifs is 1. The number of amides is 1. The molecular formula is C30H34N4O2S. The maximum absolute atomic E-state index is 12.9. The molecule has 0 spiro atoms. The van der Waals surface area contributed by atoms with Crippen LogP contribution >= 0.6 is 12.6 Å². The monoisotopic (exact) mass is 514 g/mol. The average molecular weight is 515 g/mol. The van der Waals surface area contributed by atoms with Crippen LogP contribution in [-0.4, -0.2) is 43.2 Å². The van der Waals surface area contributed by atoms with Crippen molar-refractivity contribution in [3.05, 3.63) is 107 Å². The van der Waals surface area contributed by atoms with Crippen molar-refractivity contribution >= 4 is 28.9 Å². The Morgan fingerprint density at radius 2 is 1.57 bits per heavy atom. The maximum Gasteiger partial charge on any atom is 0.326 e. The predicted octanol–water partition coefficient (Wildman–Crippen LogP) is 5.87. The van der Waals surface area contributed by atoms with Gasteiger partial charge in [-0.05, 0) is 49.4 Å². The molecular weight excluding hydrogens is 480 g/mol. The van der Waals surface area contributed by atoms with Gasteiger partial charge in [0, 0.05) is 37.8 Å². The molecule has 1 aliphatic heterocycles. The number of hydrogen-bond donors (Lipinski definition) is 2. The van der Waals surface area contributed by atoms with E-state index in [0.717, 1.165) is 43.4 Å². The van der Waals surface area contributed by atoms with Crippen LogP contribution in [0.3, 0.4) is 0 Å². The third-order valence-corrected chi connectivity index (χ3v) is 7.87. The number of carbonyl (C=O) groups excluding carboxylic acids is 1. The fourth-order valence-electron chi connectivity index (χ4n) is 5.72. The molecule has 3 aromatic carbocycles. The van der Waals surface area contributed by atoms with Crippen molar-refractivity contribution in [2.75, 3.05) is 6.54 Å². The molecule has 37 heavy (non-hydrogen) atoms. The van der Waals surface area contributed by atoms with E-state index in [2.05, 4.69) is 78.0 Å². The van der Waals surface area contributed by atoms with Crippen LogP contribution in [-0.2, 0) is 13.1 Å². The van der Waals surface area contributed by atoms with Gasteiger partial charge in [-0.15, -0.1) is 0 Å². The zero-order valence-electron chi connectivity index (χ0n) is 21.2. The Balaban J connectivity index is 1.39. The lowest BCUT2D eigenvalue weighted by Gasteiger charge is -2.42. The molecule has 192 valence electrons. The van der Waals surface area contributed by atoms with E-state index in [4.69, 9.17) is 0 Å². The summed E-state index contributed by atoms with van der Waals surface area (Å²) in [5.41, 5.74) is 4.21. The van der Waals surface area contributed by atoms with Gasteiger partial charge in [0.15, 0.2) is 0 Å². The highest BCUT2D eigenvalue weighted by atomic mass is 32.1. The van der Waals surface area contributed by atoms with Gasteiger partial charge in [-0.2, -0.15) is 0 Å². The molecule has 1 fully saturated rings. The molecule has 0 radical (unpaired) electrons. The van der Waals surface area contributed by atoms with Crippen molar-refractivity contribution in [3.8, 4) is 0 Å². The molecule has 1 saturated heterocycles. The van der Waals surface area contributed by atoms with Crippen LogP contribution < -0.4 is 5.69 Å². The van der Waals surface area contributed by atoms with Gasteiger partial charge in [0.1, 0.15) is 0 Å². The van der Waals surface area contributed by atoms with Gasteiger partial charge in [0.25, 0.3) is 5.24 Å². The van der Waals surface area contributed by atoms with Gasteiger partial charge in [0.2, 0.25) is 0 Å². The lowest BCUT2D eigenvalue weighted by molar-refractivity contribution is 0.103. The van der Waals surface area contributed by atoms with Gasteiger partial charge < -0.3 is 9.88 Å². The molecule has 5 rings (SSSR count). The number of rotatable bonds is 8. The number of nitrogens with one attached hydrogen (secondary N) is 1. The first kappa shape index (κ1) is 25.4. The Morgan fingerprint density at radius 1 is 0.973 bits per heavy atom. The number of aromatic amines is 1. The molecule has 4 aromatic rings. The highest BCUT2D eigenvalue weighted by molar-refractivity contribution is 7.96. The first-order valence-corrected chi connectivity index (χ1v) is 13.4. The summed E-state index contributed by atoms with van der Waals surface area (Å²) in [4.78, 5) is 32.8. The molecule has 0 aliphatic carbocycles. The van der Waals surface area contributed by atoms with E-state index in [9.17, 15) is 9.59 Å². The summed E-state index contributed by atoms with van der Waals surface area (Å²) in [7, 11) is 0.